The second kappa shape index (κ2) is 8.14. The van der Waals surface area contributed by atoms with Crippen molar-refractivity contribution in [3.05, 3.63) is 35.1 Å². The molecule has 25 heavy (non-hydrogen) atoms. The molecule has 1 rings (SSSR count). The predicted octanol–water partition coefficient (Wildman–Crippen LogP) is 3.79. The number of nitrogens with one attached hydrogen (secondary N) is 1. The minimum atomic E-state index is -4.22. The minimum Gasteiger partial charge on any atom is -0.444 e. The molecule has 0 aliphatic carbocycles. The number of ether oxygens (including phenoxy) is 1. The lowest BCUT2D eigenvalue weighted by Crippen LogP contribution is -2.35. The first kappa shape index (κ1) is 21.4. The SMILES string of the molecule is CC(C)c1cc(F)cc([C@H](CCS(=O)(=O)O)NC(=O)OC(C)(C)C)c1. The molecule has 1 amide bonds. The highest BCUT2D eigenvalue weighted by Crippen LogP contribution is 2.25. The first-order chi connectivity index (χ1) is 11.3. The van der Waals surface area contributed by atoms with Crippen molar-refractivity contribution in [2.24, 2.45) is 0 Å². The summed E-state index contributed by atoms with van der Waals surface area (Å²) in [4.78, 5) is 12.0. The third-order valence-corrected chi connectivity index (χ3v) is 4.12. The fourth-order valence-corrected chi connectivity index (χ4v) is 2.74. The molecule has 0 heterocycles. The lowest BCUT2D eigenvalue weighted by molar-refractivity contribution is 0.0502. The van der Waals surface area contributed by atoms with Gasteiger partial charge in [0.05, 0.1) is 11.8 Å². The van der Waals surface area contributed by atoms with E-state index in [0.29, 0.717) is 5.56 Å². The quantitative estimate of drug-likeness (QED) is 0.738. The molecule has 0 spiro atoms. The van der Waals surface area contributed by atoms with Gasteiger partial charge in [-0.2, -0.15) is 8.42 Å². The minimum absolute atomic E-state index is 0.0539. The van der Waals surface area contributed by atoms with Crippen molar-refractivity contribution < 1.29 is 26.9 Å². The van der Waals surface area contributed by atoms with E-state index in [9.17, 15) is 17.6 Å². The summed E-state index contributed by atoms with van der Waals surface area (Å²) in [6, 6.07) is 3.52. The molecule has 0 saturated heterocycles. The molecule has 1 aromatic carbocycles. The molecular formula is C17H26FNO5S. The Morgan fingerprint density at radius 2 is 1.80 bits per heavy atom. The van der Waals surface area contributed by atoms with E-state index in [1.165, 1.54) is 12.1 Å². The second-order valence-electron chi connectivity index (χ2n) is 7.25. The van der Waals surface area contributed by atoms with Crippen LogP contribution in [0.4, 0.5) is 9.18 Å². The van der Waals surface area contributed by atoms with Crippen molar-refractivity contribution in [1.82, 2.24) is 5.32 Å². The van der Waals surface area contributed by atoms with E-state index in [0.717, 1.165) is 5.56 Å². The highest BCUT2D eigenvalue weighted by molar-refractivity contribution is 7.85. The molecule has 1 aromatic rings. The third-order valence-electron chi connectivity index (χ3n) is 3.37. The molecule has 0 saturated carbocycles. The molecule has 142 valence electrons. The zero-order valence-electron chi connectivity index (χ0n) is 15.2. The van der Waals surface area contributed by atoms with Crippen LogP contribution in [-0.2, 0) is 14.9 Å². The summed E-state index contributed by atoms with van der Waals surface area (Å²) in [6.07, 6.45) is -0.859. The molecule has 0 aliphatic rings. The molecule has 1 atom stereocenters. The zero-order chi connectivity index (χ0) is 19.4. The highest BCUT2D eigenvalue weighted by atomic mass is 32.2. The Hall–Kier alpha value is -1.67. The smallest absolute Gasteiger partial charge is 0.408 e. The maximum atomic E-state index is 13.9. The van der Waals surface area contributed by atoms with E-state index in [1.54, 1.807) is 26.8 Å². The molecule has 2 N–H and O–H groups in total. The number of amides is 1. The molecule has 0 unspecified atom stereocenters. The van der Waals surface area contributed by atoms with Crippen molar-refractivity contribution in [1.29, 1.82) is 0 Å². The summed E-state index contributed by atoms with van der Waals surface area (Å²) >= 11 is 0. The van der Waals surface area contributed by atoms with Crippen molar-refractivity contribution in [2.75, 3.05) is 5.75 Å². The van der Waals surface area contributed by atoms with Crippen LogP contribution < -0.4 is 5.32 Å². The average Bonchev–Trinajstić information content (AvgIpc) is 2.39. The first-order valence-corrected chi connectivity index (χ1v) is 9.63. The summed E-state index contributed by atoms with van der Waals surface area (Å²) in [5, 5.41) is 2.55. The number of hydrogen-bond donors (Lipinski definition) is 2. The van der Waals surface area contributed by atoms with Gasteiger partial charge in [0.25, 0.3) is 10.1 Å². The Morgan fingerprint density at radius 1 is 1.24 bits per heavy atom. The third kappa shape index (κ3) is 8.31. The monoisotopic (exact) mass is 375 g/mol. The van der Waals surface area contributed by atoms with Gasteiger partial charge in [-0.15, -0.1) is 0 Å². The van der Waals surface area contributed by atoms with Crippen molar-refractivity contribution >= 4 is 16.2 Å². The van der Waals surface area contributed by atoms with Crippen LogP contribution in [0.2, 0.25) is 0 Å². The van der Waals surface area contributed by atoms with E-state index in [-0.39, 0.29) is 12.3 Å². The maximum Gasteiger partial charge on any atom is 0.408 e. The van der Waals surface area contributed by atoms with Crippen LogP contribution in [-0.4, -0.2) is 30.4 Å². The lowest BCUT2D eigenvalue weighted by atomic mass is 9.96. The normalized spacial score (nSPS) is 13.6. The van der Waals surface area contributed by atoms with Crippen molar-refractivity contribution in [2.45, 2.75) is 58.6 Å². The molecule has 0 aliphatic heterocycles. The maximum absolute atomic E-state index is 13.9. The summed E-state index contributed by atoms with van der Waals surface area (Å²) in [5.74, 6) is -0.997. The van der Waals surface area contributed by atoms with E-state index >= 15 is 0 Å². The first-order valence-electron chi connectivity index (χ1n) is 8.02. The van der Waals surface area contributed by atoms with Gasteiger partial charge in [0.15, 0.2) is 0 Å². The fraction of sp³-hybridized carbons (Fsp3) is 0.588. The van der Waals surface area contributed by atoms with E-state index in [4.69, 9.17) is 9.29 Å². The molecule has 0 radical (unpaired) electrons. The number of carbonyl (C=O) groups excluding carboxylic acids is 1. The van der Waals surface area contributed by atoms with Gasteiger partial charge in [-0.25, -0.2) is 9.18 Å². The van der Waals surface area contributed by atoms with Gasteiger partial charge in [-0.05, 0) is 56.4 Å². The van der Waals surface area contributed by atoms with Crippen LogP contribution in [0.15, 0.2) is 18.2 Å². The predicted molar refractivity (Wildman–Crippen MR) is 93.6 cm³/mol. The van der Waals surface area contributed by atoms with E-state index < -0.39 is 39.4 Å². The van der Waals surface area contributed by atoms with Gasteiger partial charge >= 0.3 is 6.09 Å². The Labute approximate surface area is 148 Å². The van der Waals surface area contributed by atoms with Crippen LogP contribution in [0, 0.1) is 5.82 Å². The molecule has 8 heteroatoms. The second-order valence-corrected chi connectivity index (χ2v) is 8.82. The van der Waals surface area contributed by atoms with Gasteiger partial charge < -0.3 is 10.1 Å². The van der Waals surface area contributed by atoms with Gasteiger partial charge in [0.1, 0.15) is 11.4 Å². The van der Waals surface area contributed by atoms with E-state index in [2.05, 4.69) is 5.32 Å². The number of rotatable bonds is 6. The molecule has 0 fully saturated rings. The number of carbonyl (C=O) groups is 1. The lowest BCUT2D eigenvalue weighted by Gasteiger charge is -2.24. The molecule has 0 aromatic heterocycles. The Balaban J connectivity index is 3.11. The molecular weight excluding hydrogens is 349 g/mol. The van der Waals surface area contributed by atoms with Gasteiger partial charge in [-0.1, -0.05) is 19.9 Å². The summed E-state index contributed by atoms with van der Waals surface area (Å²) in [7, 11) is -4.22. The van der Waals surface area contributed by atoms with Gasteiger partial charge in [0.2, 0.25) is 0 Å². The van der Waals surface area contributed by atoms with Gasteiger partial charge in [-0.3, -0.25) is 4.55 Å². The highest BCUT2D eigenvalue weighted by Gasteiger charge is 2.23. The standard InChI is InChI=1S/C17H26FNO5S/c1-11(2)12-8-13(10-14(18)9-12)15(6-7-25(21,22)23)19-16(20)24-17(3,4)5/h8-11,15H,6-7H2,1-5H3,(H,19,20)(H,21,22,23)/t15-/m0/s1. The van der Waals surface area contributed by atoms with Crippen LogP contribution >= 0.6 is 0 Å². The van der Waals surface area contributed by atoms with Crippen LogP contribution in [0.1, 0.15) is 64.1 Å². The number of benzene rings is 1. The Bertz CT molecular complexity index is 710. The Morgan fingerprint density at radius 3 is 2.28 bits per heavy atom. The summed E-state index contributed by atoms with van der Waals surface area (Å²) in [5.41, 5.74) is 0.402. The Kier molecular flexibility index (Phi) is 6.96. The topological polar surface area (TPSA) is 92.7 Å². The average molecular weight is 375 g/mol. The number of alkyl carbamates (subject to hydrolysis) is 1. The van der Waals surface area contributed by atoms with Crippen LogP contribution in [0.3, 0.4) is 0 Å². The van der Waals surface area contributed by atoms with E-state index in [1.807, 2.05) is 13.8 Å². The summed E-state index contributed by atoms with van der Waals surface area (Å²) in [6.45, 7) is 8.87. The summed E-state index contributed by atoms with van der Waals surface area (Å²) < 4.78 is 50.2. The van der Waals surface area contributed by atoms with Crippen molar-refractivity contribution in [3.8, 4) is 0 Å². The molecule has 0 bridgehead atoms. The zero-order valence-corrected chi connectivity index (χ0v) is 16.0. The number of hydrogen-bond acceptors (Lipinski definition) is 4. The fourth-order valence-electron chi connectivity index (χ4n) is 2.21. The van der Waals surface area contributed by atoms with Crippen LogP contribution in [0.5, 0.6) is 0 Å². The largest absolute Gasteiger partial charge is 0.444 e. The number of halogens is 1. The molecule has 6 nitrogen and oxygen atoms in total. The van der Waals surface area contributed by atoms with Crippen molar-refractivity contribution in [3.63, 3.8) is 0 Å². The van der Waals surface area contributed by atoms with Crippen LogP contribution in [0.25, 0.3) is 0 Å². The van der Waals surface area contributed by atoms with Gasteiger partial charge in [0, 0.05) is 0 Å².